The van der Waals surface area contributed by atoms with Crippen molar-refractivity contribution in [3.05, 3.63) is 0 Å². The second-order valence-corrected chi connectivity index (χ2v) is 4.95. The summed E-state index contributed by atoms with van der Waals surface area (Å²) in [6, 6.07) is 0. The number of hydrogen-bond donors (Lipinski definition) is 0. The number of rotatable bonds is 3. The number of halogens is 3. The van der Waals surface area contributed by atoms with Crippen molar-refractivity contribution in [3.8, 4) is 0 Å². The molecular weight excluding hydrogens is 197 g/mol. The lowest BCUT2D eigenvalue weighted by molar-refractivity contribution is 0.739. The molecule has 0 amide bonds. The molecule has 0 bridgehead atoms. The van der Waals surface area contributed by atoms with Crippen LogP contribution < -0.4 is 0 Å². The van der Waals surface area contributed by atoms with E-state index in [4.69, 9.17) is 34.8 Å². The number of alkyl halides is 3. The molecule has 0 radical (unpaired) electrons. The Morgan fingerprint density at radius 1 is 1.11 bits per heavy atom. The van der Waals surface area contributed by atoms with Gasteiger partial charge in [0.1, 0.15) is 0 Å². The molecule has 0 heterocycles. The summed E-state index contributed by atoms with van der Waals surface area (Å²) in [5.74, 6) is 0. The van der Waals surface area contributed by atoms with E-state index in [1.165, 1.54) is 0 Å². The molecule has 0 aliphatic carbocycles. The molecule has 4 heteroatoms. The summed E-state index contributed by atoms with van der Waals surface area (Å²) in [6.07, 6.45) is 3.84. The Hall–Kier alpha value is 1.30. The molecule has 0 aromatic heterocycles. The minimum absolute atomic E-state index is 0.659. The highest BCUT2D eigenvalue weighted by atomic mass is 35.6. The number of unbranched alkanes of at least 4 members (excludes halogenated alkanes) is 1. The van der Waals surface area contributed by atoms with Gasteiger partial charge in [0.15, 0.2) is 3.79 Å². The van der Waals surface area contributed by atoms with Crippen molar-refractivity contribution in [2.75, 3.05) is 6.16 Å². The summed E-state index contributed by atoms with van der Waals surface area (Å²) in [5.41, 5.74) is 0. The molecule has 0 saturated heterocycles. The third kappa shape index (κ3) is 9.30. The van der Waals surface area contributed by atoms with E-state index in [0.29, 0.717) is 6.42 Å². The first-order chi connectivity index (χ1) is 4.06. The van der Waals surface area contributed by atoms with E-state index in [1.54, 1.807) is 0 Å². The SMILES string of the molecule is PCCCCC(Cl)(Cl)Cl. The van der Waals surface area contributed by atoms with Gasteiger partial charge in [0, 0.05) is 0 Å². The van der Waals surface area contributed by atoms with Gasteiger partial charge in [0.05, 0.1) is 0 Å². The molecule has 9 heavy (non-hydrogen) atoms. The van der Waals surface area contributed by atoms with Gasteiger partial charge in [0.2, 0.25) is 0 Å². The molecule has 0 spiro atoms. The van der Waals surface area contributed by atoms with Crippen molar-refractivity contribution in [2.45, 2.75) is 23.1 Å². The Balaban J connectivity index is 3.07. The van der Waals surface area contributed by atoms with E-state index in [-0.39, 0.29) is 0 Å². The van der Waals surface area contributed by atoms with Crippen molar-refractivity contribution < 1.29 is 0 Å². The van der Waals surface area contributed by atoms with Crippen LogP contribution in [-0.2, 0) is 0 Å². The zero-order valence-corrected chi connectivity index (χ0v) is 8.46. The summed E-state index contributed by atoms with van der Waals surface area (Å²) < 4.78 is -1.04. The Bertz CT molecular complexity index is 69.1. The molecule has 0 fully saturated rings. The largest absolute Gasteiger partial charge is 0.190 e. The first-order valence-corrected chi connectivity index (χ1v) is 4.78. The van der Waals surface area contributed by atoms with Gasteiger partial charge < -0.3 is 0 Å². The molecule has 56 valence electrons. The maximum Gasteiger partial charge on any atom is 0.190 e. The van der Waals surface area contributed by atoms with Crippen molar-refractivity contribution >= 4 is 44.0 Å². The highest BCUT2D eigenvalue weighted by molar-refractivity contribution is 7.16. The Morgan fingerprint density at radius 3 is 2.00 bits per heavy atom. The summed E-state index contributed by atoms with van der Waals surface area (Å²) >= 11 is 16.5. The fourth-order valence-corrected chi connectivity index (χ4v) is 1.16. The lowest BCUT2D eigenvalue weighted by Gasteiger charge is -2.08. The molecular formula is C5H10Cl3P. The Kier molecular flexibility index (Phi) is 5.74. The molecule has 0 nitrogen and oxygen atoms in total. The fourth-order valence-electron chi connectivity index (χ4n) is 0.470. The molecule has 1 atom stereocenters. The van der Waals surface area contributed by atoms with E-state index in [2.05, 4.69) is 9.24 Å². The standard InChI is InChI=1S/C5H10Cl3P/c6-5(7,8)3-1-2-4-9/h1-4,9H2. The molecule has 0 aliphatic rings. The highest BCUT2D eigenvalue weighted by Crippen LogP contribution is 2.31. The summed E-state index contributed by atoms with van der Waals surface area (Å²) in [6.45, 7) is 0. The van der Waals surface area contributed by atoms with Crippen LogP contribution in [-0.4, -0.2) is 9.95 Å². The first kappa shape index (κ1) is 10.3. The highest BCUT2D eigenvalue weighted by Gasteiger charge is 2.17. The number of hydrogen-bond acceptors (Lipinski definition) is 0. The quantitative estimate of drug-likeness (QED) is 0.378. The Labute approximate surface area is 73.4 Å². The zero-order valence-electron chi connectivity index (χ0n) is 5.04. The van der Waals surface area contributed by atoms with E-state index in [1.807, 2.05) is 0 Å². The second kappa shape index (κ2) is 5.02. The zero-order chi connectivity index (χ0) is 7.33. The summed E-state index contributed by atoms with van der Waals surface area (Å²) in [5, 5.41) is 0. The van der Waals surface area contributed by atoms with Gasteiger partial charge in [-0.3, -0.25) is 0 Å². The lowest BCUT2D eigenvalue weighted by Crippen LogP contribution is -2.00. The molecule has 0 aliphatic heterocycles. The molecule has 0 aromatic carbocycles. The maximum absolute atomic E-state index is 5.49. The molecule has 0 rings (SSSR count). The summed E-state index contributed by atoms with van der Waals surface area (Å²) in [7, 11) is 2.64. The predicted molar refractivity (Wildman–Crippen MR) is 48.7 cm³/mol. The normalized spacial score (nSPS) is 12.0. The minimum atomic E-state index is -1.04. The van der Waals surface area contributed by atoms with E-state index in [0.717, 1.165) is 19.0 Å². The average molecular weight is 207 g/mol. The van der Waals surface area contributed by atoms with E-state index >= 15 is 0 Å². The van der Waals surface area contributed by atoms with Gasteiger partial charge >= 0.3 is 0 Å². The van der Waals surface area contributed by atoms with Gasteiger partial charge in [-0.1, -0.05) is 34.8 Å². The molecule has 1 unspecified atom stereocenters. The molecule has 0 saturated carbocycles. The minimum Gasteiger partial charge on any atom is -0.138 e. The van der Waals surface area contributed by atoms with Crippen LogP contribution in [0, 0.1) is 0 Å². The predicted octanol–water partition coefficient (Wildman–Crippen LogP) is 3.40. The van der Waals surface area contributed by atoms with Crippen molar-refractivity contribution in [2.24, 2.45) is 0 Å². The fraction of sp³-hybridized carbons (Fsp3) is 1.00. The van der Waals surface area contributed by atoms with Gasteiger partial charge in [-0.05, 0) is 25.4 Å². The van der Waals surface area contributed by atoms with Crippen LogP contribution >= 0.6 is 44.0 Å². The van der Waals surface area contributed by atoms with Crippen LogP contribution in [0.15, 0.2) is 0 Å². The van der Waals surface area contributed by atoms with Crippen molar-refractivity contribution in [1.82, 2.24) is 0 Å². The third-order valence-corrected chi connectivity index (χ3v) is 1.89. The van der Waals surface area contributed by atoms with Gasteiger partial charge in [-0.2, -0.15) is 0 Å². The van der Waals surface area contributed by atoms with Crippen molar-refractivity contribution in [1.29, 1.82) is 0 Å². The van der Waals surface area contributed by atoms with Crippen LogP contribution in [0.3, 0.4) is 0 Å². The van der Waals surface area contributed by atoms with Gasteiger partial charge in [0.25, 0.3) is 0 Å². The van der Waals surface area contributed by atoms with Crippen molar-refractivity contribution in [3.63, 3.8) is 0 Å². The Morgan fingerprint density at radius 2 is 1.67 bits per heavy atom. The van der Waals surface area contributed by atoms with E-state index in [9.17, 15) is 0 Å². The van der Waals surface area contributed by atoms with Crippen LogP contribution in [0.5, 0.6) is 0 Å². The van der Waals surface area contributed by atoms with Crippen LogP contribution in [0.25, 0.3) is 0 Å². The monoisotopic (exact) mass is 206 g/mol. The van der Waals surface area contributed by atoms with Gasteiger partial charge in [-0.15, -0.1) is 9.24 Å². The van der Waals surface area contributed by atoms with Gasteiger partial charge in [-0.25, -0.2) is 0 Å². The second-order valence-electron chi connectivity index (χ2n) is 1.86. The maximum atomic E-state index is 5.49. The average Bonchev–Trinajstić information content (AvgIpc) is 1.63. The molecule has 0 N–H and O–H groups in total. The lowest BCUT2D eigenvalue weighted by atomic mass is 10.3. The van der Waals surface area contributed by atoms with E-state index < -0.39 is 3.79 Å². The first-order valence-electron chi connectivity index (χ1n) is 2.83. The smallest absolute Gasteiger partial charge is 0.138 e. The topological polar surface area (TPSA) is 0 Å². The van der Waals surface area contributed by atoms with Crippen LogP contribution in [0.4, 0.5) is 0 Å². The van der Waals surface area contributed by atoms with Crippen LogP contribution in [0.2, 0.25) is 0 Å². The molecule has 0 aromatic rings. The van der Waals surface area contributed by atoms with Crippen LogP contribution in [0.1, 0.15) is 19.3 Å². The third-order valence-electron chi connectivity index (χ3n) is 0.914. The summed E-state index contributed by atoms with van der Waals surface area (Å²) in [4.78, 5) is 0.